The first-order valence-electron chi connectivity index (χ1n) is 8.28. The van der Waals surface area contributed by atoms with Gasteiger partial charge in [-0.1, -0.05) is 48.7 Å². The van der Waals surface area contributed by atoms with Crippen LogP contribution in [0.15, 0.2) is 12.1 Å². The Morgan fingerprint density at radius 2 is 1.85 bits per heavy atom. The third-order valence-electron chi connectivity index (χ3n) is 4.38. The molecule has 0 bridgehead atoms. The maximum atomic E-state index is 12.4. The molecule has 0 radical (unpaired) electrons. The summed E-state index contributed by atoms with van der Waals surface area (Å²) in [5.74, 6) is 0.0783. The number of nitrogens with zero attached hydrogens (tertiary/aromatic N) is 1. The summed E-state index contributed by atoms with van der Waals surface area (Å²) in [6.45, 7) is 5.33. The van der Waals surface area contributed by atoms with Gasteiger partial charge in [-0.05, 0) is 30.4 Å². The van der Waals surface area contributed by atoms with Crippen LogP contribution in [0.25, 0.3) is 10.1 Å². The van der Waals surface area contributed by atoms with E-state index in [2.05, 4.69) is 13.8 Å². The van der Waals surface area contributed by atoms with Crippen molar-refractivity contribution >= 4 is 68.1 Å². The highest BCUT2D eigenvalue weighted by molar-refractivity contribution is 7.21. The predicted molar refractivity (Wildman–Crippen MR) is 107 cm³/mol. The van der Waals surface area contributed by atoms with Gasteiger partial charge in [-0.3, -0.25) is 4.79 Å². The summed E-state index contributed by atoms with van der Waals surface area (Å²) in [5.41, 5.74) is 0. The molecule has 140 valence electrons. The maximum absolute atomic E-state index is 12.4. The van der Waals surface area contributed by atoms with Gasteiger partial charge in [-0.2, -0.15) is 0 Å². The number of hydrogen-bond donors (Lipinski definition) is 0. The quantitative estimate of drug-likeness (QED) is 0.597. The minimum atomic E-state index is -0.630. The topological polar surface area (TPSA) is 46.6 Å². The number of hydrogen-bond acceptors (Lipinski definition) is 4. The zero-order chi connectivity index (χ0) is 19.0. The van der Waals surface area contributed by atoms with Gasteiger partial charge in [0.25, 0.3) is 5.91 Å². The van der Waals surface area contributed by atoms with Crippen molar-refractivity contribution in [2.75, 3.05) is 19.7 Å². The minimum absolute atomic E-state index is 0.185. The van der Waals surface area contributed by atoms with E-state index in [-0.39, 0.29) is 22.4 Å². The Hall–Kier alpha value is -1.01. The molecule has 0 saturated carbocycles. The largest absolute Gasteiger partial charge is 0.451 e. The number of fused-ring (bicyclic) bond motifs is 1. The van der Waals surface area contributed by atoms with E-state index in [1.807, 2.05) is 0 Å². The molecule has 2 heterocycles. The fourth-order valence-corrected chi connectivity index (χ4v) is 5.66. The van der Waals surface area contributed by atoms with Gasteiger partial charge in [0.1, 0.15) is 4.88 Å². The van der Waals surface area contributed by atoms with Crippen LogP contribution in [0.5, 0.6) is 0 Å². The molecule has 1 saturated heterocycles. The van der Waals surface area contributed by atoms with Gasteiger partial charge in [0.2, 0.25) is 0 Å². The van der Waals surface area contributed by atoms with Crippen molar-refractivity contribution in [3.8, 4) is 0 Å². The number of benzene rings is 1. The second-order valence-corrected chi connectivity index (χ2v) is 9.10. The lowest BCUT2D eigenvalue weighted by Gasteiger charge is -2.34. The number of amides is 1. The molecule has 1 aliphatic rings. The minimum Gasteiger partial charge on any atom is -0.451 e. The number of ether oxygens (including phenoxy) is 1. The van der Waals surface area contributed by atoms with Gasteiger partial charge in [0.15, 0.2) is 6.61 Å². The third kappa shape index (κ3) is 4.11. The highest BCUT2D eigenvalue weighted by atomic mass is 35.5. The third-order valence-corrected chi connectivity index (χ3v) is 6.51. The molecule has 2 atom stereocenters. The molecule has 26 heavy (non-hydrogen) atoms. The molecular formula is C18H18Cl3NO3S. The number of likely N-dealkylation sites (tertiary alicyclic amines) is 1. The fourth-order valence-electron chi connectivity index (χ4n) is 3.39. The number of halogens is 3. The molecule has 8 heteroatoms. The summed E-state index contributed by atoms with van der Waals surface area (Å²) in [6, 6.07) is 3.26. The van der Waals surface area contributed by atoms with Gasteiger partial charge in [0, 0.05) is 28.2 Å². The Labute approximate surface area is 171 Å². The summed E-state index contributed by atoms with van der Waals surface area (Å²) >= 11 is 19.6. The molecule has 1 aliphatic heterocycles. The lowest BCUT2D eigenvalue weighted by atomic mass is 9.92. The van der Waals surface area contributed by atoms with Crippen molar-refractivity contribution in [3.05, 3.63) is 32.1 Å². The second-order valence-electron chi connectivity index (χ2n) is 6.83. The number of carbonyl (C=O) groups excluding carboxylic acids is 2. The van der Waals surface area contributed by atoms with Crippen molar-refractivity contribution in [1.82, 2.24) is 4.90 Å². The molecule has 1 fully saturated rings. The van der Waals surface area contributed by atoms with Crippen LogP contribution in [0.3, 0.4) is 0 Å². The summed E-state index contributed by atoms with van der Waals surface area (Å²) in [5, 5.41) is 1.63. The van der Waals surface area contributed by atoms with Crippen LogP contribution in [-0.4, -0.2) is 36.5 Å². The van der Waals surface area contributed by atoms with Crippen molar-refractivity contribution in [1.29, 1.82) is 0 Å². The van der Waals surface area contributed by atoms with Crippen molar-refractivity contribution in [3.63, 3.8) is 0 Å². The van der Waals surface area contributed by atoms with E-state index < -0.39 is 5.97 Å². The molecule has 2 aromatic rings. The molecule has 1 aromatic carbocycles. The Morgan fingerprint density at radius 1 is 1.19 bits per heavy atom. The Morgan fingerprint density at radius 3 is 2.50 bits per heavy atom. The normalized spacial score (nSPS) is 20.4. The first-order valence-corrected chi connectivity index (χ1v) is 10.2. The molecule has 0 aliphatic carbocycles. The van der Waals surface area contributed by atoms with Gasteiger partial charge < -0.3 is 9.64 Å². The van der Waals surface area contributed by atoms with Crippen molar-refractivity contribution in [2.45, 2.75) is 20.3 Å². The summed E-state index contributed by atoms with van der Waals surface area (Å²) < 4.78 is 5.91. The van der Waals surface area contributed by atoms with Crippen LogP contribution in [0.1, 0.15) is 29.9 Å². The number of thiophene rings is 1. The summed E-state index contributed by atoms with van der Waals surface area (Å²) in [6.07, 6.45) is 1.10. The van der Waals surface area contributed by atoms with E-state index >= 15 is 0 Å². The standard InChI is InChI=1S/C18H18Cl3NO3S/c1-9-3-10(2)7-22(6-9)14(23)8-25-18(24)17-16(21)15-12(20)4-11(19)5-13(15)26-17/h4-5,9-10H,3,6-8H2,1-2H3. The number of esters is 1. The molecule has 0 spiro atoms. The maximum Gasteiger partial charge on any atom is 0.350 e. The highest BCUT2D eigenvalue weighted by Gasteiger charge is 2.27. The van der Waals surface area contributed by atoms with E-state index in [4.69, 9.17) is 39.5 Å². The van der Waals surface area contributed by atoms with Gasteiger partial charge in [0.05, 0.1) is 10.0 Å². The summed E-state index contributed by atoms with van der Waals surface area (Å²) in [4.78, 5) is 26.7. The number of piperidine rings is 1. The van der Waals surface area contributed by atoms with E-state index in [0.717, 1.165) is 17.8 Å². The monoisotopic (exact) mass is 433 g/mol. The molecular weight excluding hydrogens is 417 g/mol. The summed E-state index contributed by atoms with van der Waals surface area (Å²) in [7, 11) is 0. The van der Waals surface area contributed by atoms with Crippen LogP contribution in [0.2, 0.25) is 15.1 Å². The molecule has 1 amide bonds. The zero-order valence-electron chi connectivity index (χ0n) is 14.4. The average Bonchev–Trinajstić information content (AvgIpc) is 2.88. The van der Waals surface area contributed by atoms with Crippen LogP contribution in [-0.2, 0) is 9.53 Å². The zero-order valence-corrected chi connectivity index (χ0v) is 17.4. The van der Waals surface area contributed by atoms with Crippen LogP contribution in [0, 0.1) is 11.8 Å². The molecule has 3 rings (SSSR count). The van der Waals surface area contributed by atoms with Gasteiger partial charge in [-0.15, -0.1) is 11.3 Å². The van der Waals surface area contributed by atoms with Crippen molar-refractivity contribution < 1.29 is 14.3 Å². The predicted octanol–water partition coefficient (Wildman–Crippen LogP) is 5.52. The Kier molecular flexibility index (Phi) is 6.02. The molecule has 4 nitrogen and oxygen atoms in total. The molecule has 0 N–H and O–H groups in total. The van der Waals surface area contributed by atoms with Crippen LogP contribution < -0.4 is 0 Å². The van der Waals surface area contributed by atoms with Crippen LogP contribution >= 0.6 is 46.1 Å². The van der Waals surface area contributed by atoms with Crippen molar-refractivity contribution in [2.24, 2.45) is 11.8 Å². The lowest BCUT2D eigenvalue weighted by Crippen LogP contribution is -2.44. The van der Waals surface area contributed by atoms with Crippen LogP contribution in [0.4, 0.5) is 0 Å². The lowest BCUT2D eigenvalue weighted by molar-refractivity contribution is -0.137. The SMILES string of the molecule is CC1CC(C)CN(C(=O)COC(=O)c2sc3cc(Cl)cc(Cl)c3c2Cl)C1. The smallest absolute Gasteiger partial charge is 0.350 e. The Balaban J connectivity index is 1.70. The molecule has 2 unspecified atom stereocenters. The van der Waals surface area contributed by atoms with E-state index in [1.54, 1.807) is 17.0 Å². The number of carbonyl (C=O) groups is 2. The average molecular weight is 435 g/mol. The van der Waals surface area contributed by atoms with E-state index in [0.29, 0.717) is 45.1 Å². The molecule has 1 aromatic heterocycles. The first-order chi connectivity index (χ1) is 12.3. The Bertz CT molecular complexity index is 857. The number of rotatable bonds is 3. The van der Waals surface area contributed by atoms with E-state index in [1.165, 1.54) is 0 Å². The first kappa shape index (κ1) is 19.7. The van der Waals surface area contributed by atoms with E-state index in [9.17, 15) is 9.59 Å². The van der Waals surface area contributed by atoms with Gasteiger partial charge in [-0.25, -0.2) is 4.79 Å². The second kappa shape index (κ2) is 7.93. The fraction of sp³-hybridized carbons (Fsp3) is 0.444. The highest BCUT2D eigenvalue weighted by Crippen LogP contribution is 2.41. The van der Waals surface area contributed by atoms with Gasteiger partial charge >= 0.3 is 5.97 Å².